The molecule has 1 aromatic heterocycles. The molecule has 8 nitrogen and oxygen atoms in total. The van der Waals surface area contributed by atoms with Crippen LogP contribution in [0.3, 0.4) is 0 Å². The second-order valence-electron chi connectivity index (χ2n) is 7.85. The molecular weight excluding hydrogens is 394 g/mol. The molecule has 31 heavy (non-hydrogen) atoms. The predicted octanol–water partition coefficient (Wildman–Crippen LogP) is 1.65. The highest BCUT2D eigenvalue weighted by atomic mass is 16.5. The van der Waals surface area contributed by atoms with Gasteiger partial charge in [-0.05, 0) is 38.1 Å². The first kappa shape index (κ1) is 21.0. The van der Waals surface area contributed by atoms with Gasteiger partial charge in [0.2, 0.25) is 0 Å². The number of ether oxygens (including phenoxy) is 1. The van der Waals surface area contributed by atoms with Crippen molar-refractivity contribution in [1.29, 1.82) is 0 Å². The van der Waals surface area contributed by atoms with E-state index < -0.39 is 5.91 Å². The van der Waals surface area contributed by atoms with Crippen molar-refractivity contribution in [3.8, 4) is 5.69 Å². The van der Waals surface area contributed by atoms with Crippen LogP contribution in [-0.2, 0) is 11.3 Å². The Balaban J connectivity index is 1.64. The lowest BCUT2D eigenvalue weighted by Crippen LogP contribution is -2.50. The first-order valence-corrected chi connectivity index (χ1v) is 10.5. The summed E-state index contributed by atoms with van der Waals surface area (Å²) in [6, 6.07) is 15.1. The minimum absolute atomic E-state index is 0.0782. The maximum absolute atomic E-state index is 13.2. The molecule has 4 rings (SSSR count). The number of carbonyl (C=O) groups excluding carboxylic acids is 1. The summed E-state index contributed by atoms with van der Waals surface area (Å²) in [5.41, 5.74) is 3.23. The molecule has 2 aromatic carbocycles. The molecular formula is C23H28N5O3+. The molecule has 0 unspecified atom stereocenters. The van der Waals surface area contributed by atoms with Crippen LogP contribution in [0.2, 0.25) is 0 Å². The smallest absolute Gasteiger partial charge is 0.379 e. The highest BCUT2D eigenvalue weighted by molar-refractivity contribution is 6.01. The van der Waals surface area contributed by atoms with E-state index in [0.29, 0.717) is 37.7 Å². The third-order valence-electron chi connectivity index (χ3n) is 5.46. The highest BCUT2D eigenvalue weighted by Crippen LogP contribution is 2.10. The van der Waals surface area contributed by atoms with Crippen molar-refractivity contribution < 1.29 is 14.2 Å². The number of nitrogens with one attached hydrogen (secondary N) is 2. The van der Waals surface area contributed by atoms with E-state index in [9.17, 15) is 9.59 Å². The number of aromatic amines is 1. The van der Waals surface area contributed by atoms with Crippen LogP contribution in [0.5, 0.6) is 0 Å². The molecule has 0 atom stereocenters. The molecule has 3 aromatic rings. The normalized spacial score (nSPS) is 14.5. The molecule has 1 fully saturated rings. The molecule has 0 saturated carbocycles. The van der Waals surface area contributed by atoms with Crippen LogP contribution in [-0.4, -0.2) is 53.6 Å². The number of hydrogen-bond acceptors (Lipinski definition) is 4. The van der Waals surface area contributed by atoms with Crippen LogP contribution in [0.25, 0.3) is 5.69 Å². The Morgan fingerprint density at radius 1 is 1.03 bits per heavy atom. The standard InChI is InChI=1S/C23H27N5O3/c1-17-3-7-19(8-4-17)24-22(29)21-23(30)28(20-9-5-18(2)6-10-20)25-27(21)12-11-26-13-15-31-16-14-26/h3-10H,11-16H2,1-2H3,(H-,24,25,29,30)/p+1. The van der Waals surface area contributed by atoms with Gasteiger partial charge in [0.05, 0.1) is 13.2 Å². The lowest BCUT2D eigenvalue weighted by atomic mass is 10.2. The third-order valence-corrected chi connectivity index (χ3v) is 5.46. The van der Waals surface area contributed by atoms with Crippen molar-refractivity contribution in [2.45, 2.75) is 20.4 Å². The minimum atomic E-state index is -0.432. The molecule has 1 amide bonds. The number of anilines is 1. The van der Waals surface area contributed by atoms with Gasteiger partial charge >= 0.3 is 17.2 Å². The van der Waals surface area contributed by atoms with E-state index in [1.165, 1.54) is 4.68 Å². The fourth-order valence-electron chi connectivity index (χ4n) is 3.58. The van der Waals surface area contributed by atoms with Crippen molar-refractivity contribution in [3.63, 3.8) is 0 Å². The molecule has 0 aliphatic carbocycles. The van der Waals surface area contributed by atoms with Crippen molar-refractivity contribution >= 4 is 11.6 Å². The number of aromatic nitrogens is 3. The summed E-state index contributed by atoms with van der Waals surface area (Å²) in [5.74, 6) is -0.432. The number of amides is 1. The molecule has 1 aliphatic rings. The van der Waals surface area contributed by atoms with Crippen LogP contribution in [0.15, 0.2) is 53.3 Å². The number of rotatable bonds is 6. The summed E-state index contributed by atoms with van der Waals surface area (Å²) >= 11 is 0. The molecule has 8 heteroatoms. The SMILES string of the molecule is Cc1ccc(NC(=O)c2c(=O)n(-c3ccc(C)cc3)[nH][n+]2CCN2CCOCC2)cc1. The topological polar surface area (TPSA) is 83.2 Å². The van der Waals surface area contributed by atoms with E-state index in [2.05, 4.69) is 15.4 Å². The number of morpholine rings is 1. The zero-order valence-corrected chi connectivity index (χ0v) is 17.9. The number of aryl methyl sites for hydroxylation is 2. The molecule has 0 spiro atoms. The molecule has 2 heterocycles. The first-order chi connectivity index (χ1) is 15.0. The average Bonchev–Trinajstić information content (AvgIpc) is 3.11. The Labute approximate surface area is 181 Å². The van der Waals surface area contributed by atoms with Gasteiger partial charge in [-0.15, -0.1) is 4.68 Å². The van der Waals surface area contributed by atoms with Gasteiger partial charge in [0, 0.05) is 25.3 Å². The fraction of sp³-hybridized carbons (Fsp3) is 0.348. The summed E-state index contributed by atoms with van der Waals surface area (Å²) in [5, 5.41) is 5.96. The van der Waals surface area contributed by atoms with Crippen LogP contribution in [0, 0.1) is 13.8 Å². The van der Waals surface area contributed by atoms with E-state index >= 15 is 0 Å². The van der Waals surface area contributed by atoms with Crippen LogP contribution in [0.1, 0.15) is 21.6 Å². The van der Waals surface area contributed by atoms with Crippen molar-refractivity contribution in [2.75, 3.05) is 38.2 Å². The van der Waals surface area contributed by atoms with Gasteiger partial charge in [-0.1, -0.05) is 45.3 Å². The Hall–Kier alpha value is -3.23. The molecule has 0 bridgehead atoms. The van der Waals surface area contributed by atoms with Gasteiger partial charge in [-0.2, -0.15) is 0 Å². The number of H-pyrrole nitrogens is 1. The minimum Gasteiger partial charge on any atom is -0.379 e. The lowest BCUT2D eigenvalue weighted by molar-refractivity contribution is -0.755. The summed E-state index contributed by atoms with van der Waals surface area (Å²) < 4.78 is 8.46. The van der Waals surface area contributed by atoms with Crippen molar-refractivity contribution in [1.82, 2.24) is 14.8 Å². The van der Waals surface area contributed by atoms with Gasteiger partial charge in [-0.25, -0.2) is 4.79 Å². The number of carbonyl (C=O) groups is 1. The second kappa shape index (κ2) is 9.28. The van der Waals surface area contributed by atoms with Crippen molar-refractivity contribution in [3.05, 3.63) is 75.7 Å². The third kappa shape index (κ3) is 4.92. The summed E-state index contributed by atoms with van der Waals surface area (Å²) in [4.78, 5) is 28.6. The Morgan fingerprint density at radius 2 is 1.65 bits per heavy atom. The first-order valence-electron chi connectivity index (χ1n) is 10.5. The van der Waals surface area contributed by atoms with Gasteiger partial charge in [0.15, 0.2) is 5.69 Å². The second-order valence-corrected chi connectivity index (χ2v) is 7.85. The Morgan fingerprint density at radius 3 is 2.29 bits per heavy atom. The zero-order chi connectivity index (χ0) is 21.8. The summed E-state index contributed by atoms with van der Waals surface area (Å²) in [6.45, 7) is 8.26. The monoisotopic (exact) mass is 422 g/mol. The van der Waals surface area contributed by atoms with Gasteiger partial charge in [0.1, 0.15) is 6.54 Å². The number of nitrogens with zero attached hydrogens (tertiary/aromatic N) is 3. The van der Waals surface area contributed by atoms with Crippen LogP contribution < -0.4 is 15.6 Å². The Bertz CT molecular complexity index is 1090. The molecule has 1 aliphatic heterocycles. The quantitative estimate of drug-likeness (QED) is 0.592. The highest BCUT2D eigenvalue weighted by Gasteiger charge is 2.29. The van der Waals surface area contributed by atoms with Gasteiger partial charge in [0.25, 0.3) is 0 Å². The molecule has 0 radical (unpaired) electrons. The number of benzene rings is 2. The largest absolute Gasteiger partial charge is 0.411 e. The molecule has 1 saturated heterocycles. The van der Waals surface area contributed by atoms with E-state index in [0.717, 1.165) is 24.2 Å². The van der Waals surface area contributed by atoms with Gasteiger partial charge < -0.3 is 10.1 Å². The lowest BCUT2D eigenvalue weighted by Gasteiger charge is -2.25. The maximum Gasteiger partial charge on any atom is 0.411 e. The van der Waals surface area contributed by atoms with E-state index in [4.69, 9.17) is 4.74 Å². The van der Waals surface area contributed by atoms with Gasteiger partial charge in [-0.3, -0.25) is 9.69 Å². The molecule has 2 N–H and O–H groups in total. The van der Waals surface area contributed by atoms with E-state index in [-0.39, 0.29) is 11.3 Å². The van der Waals surface area contributed by atoms with Crippen LogP contribution >= 0.6 is 0 Å². The predicted molar refractivity (Wildman–Crippen MR) is 118 cm³/mol. The fourth-order valence-corrected chi connectivity index (χ4v) is 3.58. The van der Waals surface area contributed by atoms with Crippen LogP contribution in [0.4, 0.5) is 5.69 Å². The van der Waals surface area contributed by atoms with Crippen molar-refractivity contribution in [2.24, 2.45) is 0 Å². The number of hydrogen-bond donors (Lipinski definition) is 2. The summed E-state index contributed by atoms with van der Waals surface area (Å²) in [7, 11) is 0. The Kier molecular flexibility index (Phi) is 6.29. The maximum atomic E-state index is 13.2. The zero-order valence-electron chi connectivity index (χ0n) is 17.9. The molecule has 162 valence electrons. The average molecular weight is 423 g/mol. The summed E-state index contributed by atoms with van der Waals surface area (Å²) in [6.07, 6.45) is 0. The van der Waals surface area contributed by atoms with E-state index in [1.54, 1.807) is 4.68 Å². The van der Waals surface area contributed by atoms with E-state index in [1.807, 2.05) is 62.4 Å².